The van der Waals surface area contributed by atoms with Crippen molar-refractivity contribution in [3.05, 3.63) is 76.2 Å². The van der Waals surface area contributed by atoms with Crippen molar-refractivity contribution in [1.82, 2.24) is 23.6 Å². The molecule has 4 aromatic rings. The van der Waals surface area contributed by atoms with Gasteiger partial charge in [0.15, 0.2) is 11.3 Å². The minimum Gasteiger partial charge on any atom is -0.382 e. The van der Waals surface area contributed by atoms with E-state index in [-0.39, 0.29) is 43.8 Å². The molecule has 1 aliphatic heterocycles. The van der Waals surface area contributed by atoms with Crippen LogP contribution in [0.3, 0.4) is 0 Å². The van der Waals surface area contributed by atoms with Crippen molar-refractivity contribution in [2.75, 3.05) is 12.3 Å². The average molecular weight is 582 g/mol. The smallest absolute Gasteiger partial charge is 0.294 e. The van der Waals surface area contributed by atoms with Gasteiger partial charge in [-0.05, 0) is 36.4 Å². The molecule has 0 spiro atoms. The molecule has 0 aliphatic carbocycles. The van der Waals surface area contributed by atoms with Gasteiger partial charge >= 0.3 is 0 Å². The van der Waals surface area contributed by atoms with Crippen LogP contribution in [-0.4, -0.2) is 54.1 Å². The quantitative estimate of drug-likeness (QED) is 0.267. The van der Waals surface area contributed by atoms with E-state index in [9.17, 15) is 31.2 Å². The third kappa shape index (κ3) is 4.34. The third-order valence-corrected chi connectivity index (χ3v) is 8.84. The van der Waals surface area contributed by atoms with E-state index >= 15 is 0 Å². The molecule has 2 aromatic carbocycles. The van der Waals surface area contributed by atoms with Crippen molar-refractivity contribution >= 4 is 54.7 Å². The fraction of sp³-hybridized carbons (Fsp3) is 0.0455. The molecule has 0 unspecified atom stereocenters. The number of carbonyl (C=O) groups is 2. The van der Waals surface area contributed by atoms with E-state index in [4.69, 9.17) is 11.0 Å². The molecule has 0 bridgehead atoms. The monoisotopic (exact) mass is 581 g/mol. The molecule has 202 valence electrons. The summed E-state index contributed by atoms with van der Waals surface area (Å²) >= 11 is 0. The minimum absolute atomic E-state index is 0.00811. The van der Waals surface area contributed by atoms with E-state index in [2.05, 4.69) is 20.3 Å². The van der Waals surface area contributed by atoms with Gasteiger partial charge in [-0.25, -0.2) is 35.4 Å². The molecule has 18 heteroatoms. The lowest BCUT2D eigenvalue weighted by Crippen LogP contribution is -2.42. The van der Waals surface area contributed by atoms with E-state index in [1.54, 1.807) is 4.72 Å². The van der Waals surface area contributed by atoms with Crippen LogP contribution in [0.4, 0.5) is 17.2 Å². The highest BCUT2D eigenvalue weighted by Gasteiger charge is 2.42. The van der Waals surface area contributed by atoms with Crippen molar-refractivity contribution < 1.29 is 26.4 Å². The Morgan fingerprint density at radius 2 is 1.82 bits per heavy atom. The van der Waals surface area contributed by atoms with Crippen molar-refractivity contribution in [1.29, 1.82) is 5.26 Å². The first-order valence-corrected chi connectivity index (χ1v) is 13.9. The van der Waals surface area contributed by atoms with Gasteiger partial charge in [0.2, 0.25) is 0 Å². The number of carbonyl (C=O) groups excluding carboxylic acids is 2. The van der Waals surface area contributed by atoms with Gasteiger partial charge in [0.05, 0.1) is 22.3 Å². The number of amides is 2. The fourth-order valence-electron chi connectivity index (χ4n) is 3.76. The van der Waals surface area contributed by atoms with Crippen LogP contribution in [0.2, 0.25) is 0 Å². The average Bonchev–Trinajstić information content (AvgIpc) is 3.34. The zero-order valence-corrected chi connectivity index (χ0v) is 21.5. The van der Waals surface area contributed by atoms with Crippen molar-refractivity contribution in [3.8, 4) is 6.07 Å². The Balaban J connectivity index is 1.31. The molecule has 16 nitrogen and oxygen atoms in total. The highest BCUT2D eigenvalue weighted by Crippen LogP contribution is 2.29. The Labute approximate surface area is 224 Å². The van der Waals surface area contributed by atoms with Crippen molar-refractivity contribution in [2.45, 2.75) is 9.79 Å². The summed E-state index contributed by atoms with van der Waals surface area (Å²) in [6.07, 6.45) is 1.17. The molecule has 40 heavy (non-hydrogen) atoms. The number of benzene rings is 2. The van der Waals surface area contributed by atoms with Crippen LogP contribution < -0.4 is 16.0 Å². The zero-order chi connectivity index (χ0) is 28.8. The number of hydrogen-bond acceptors (Lipinski definition) is 12. The van der Waals surface area contributed by atoms with Gasteiger partial charge in [0, 0.05) is 0 Å². The SMILES string of the molecule is N#Cc1cnc2c(N=Nc3ccc(S(=O)(=O)NC(=O)CN4C(=O)c5ccccc5S4(=O)=O)cc3)c(=O)[nH]n2c1N. The number of nitrogens with zero attached hydrogens (tertiary/aromatic N) is 6. The third-order valence-electron chi connectivity index (χ3n) is 5.67. The van der Waals surface area contributed by atoms with Crippen LogP contribution in [-0.2, 0) is 24.8 Å². The Kier molecular flexibility index (Phi) is 6.16. The van der Waals surface area contributed by atoms with E-state index in [0.717, 1.165) is 16.6 Å². The standard InChI is InChI=1S/C22H15N9O7S2/c23-9-12-10-25-20-18(21(33)28-31(20)19(12)24)27-26-13-5-7-14(8-6-13)39(35,36)29-17(32)11-30-22(34)15-3-1-2-4-16(15)40(30,37)38/h1-8,10H,11,24H2,(H,28,33)(H,29,32). The van der Waals surface area contributed by atoms with E-state index in [1.165, 1.54) is 42.6 Å². The lowest BCUT2D eigenvalue weighted by Gasteiger charge is -2.15. The van der Waals surface area contributed by atoms with Crippen LogP contribution in [0.1, 0.15) is 15.9 Å². The van der Waals surface area contributed by atoms with Gasteiger partial charge in [0.1, 0.15) is 28.9 Å². The van der Waals surface area contributed by atoms with Crippen molar-refractivity contribution in [2.24, 2.45) is 10.2 Å². The first-order chi connectivity index (χ1) is 18.9. The summed E-state index contributed by atoms with van der Waals surface area (Å²) in [5.41, 5.74) is 4.95. The molecule has 2 amide bonds. The number of fused-ring (bicyclic) bond motifs is 2. The Bertz CT molecular complexity index is 2080. The molecule has 3 heterocycles. The van der Waals surface area contributed by atoms with E-state index < -0.39 is 44.0 Å². The summed E-state index contributed by atoms with van der Waals surface area (Å²) in [5.74, 6) is -2.25. The normalized spacial score (nSPS) is 14.4. The number of nitrogen functional groups attached to an aromatic ring is 1. The number of hydrogen-bond donors (Lipinski definition) is 3. The molecule has 5 rings (SSSR count). The number of aromatic amines is 1. The molecule has 1 aliphatic rings. The second-order valence-corrected chi connectivity index (χ2v) is 11.7. The first-order valence-electron chi connectivity index (χ1n) is 11.0. The number of azo groups is 1. The molecule has 2 aromatic heterocycles. The maximum absolute atomic E-state index is 12.7. The van der Waals surface area contributed by atoms with Gasteiger partial charge in [-0.15, -0.1) is 5.11 Å². The van der Waals surface area contributed by atoms with Crippen LogP contribution in [0.15, 0.2) is 79.5 Å². The first kappa shape index (κ1) is 26.2. The lowest BCUT2D eigenvalue weighted by atomic mass is 10.2. The minimum atomic E-state index is -4.46. The molecule has 0 saturated heterocycles. The number of sulfonamides is 2. The topological polar surface area (TPSA) is 242 Å². The van der Waals surface area contributed by atoms with Crippen LogP contribution in [0.25, 0.3) is 5.65 Å². The maximum Gasteiger partial charge on any atom is 0.294 e. The van der Waals surface area contributed by atoms with Crippen LogP contribution in [0.5, 0.6) is 0 Å². The summed E-state index contributed by atoms with van der Waals surface area (Å²) in [6.45, 7) is -1.05. The molecular formula is C22H15N9O7S2. The van der Waals surface area contributed by atoms with Gasteiger partial charge < -0.3 is 5.73 Å². The number of aromatic nitrogens is 3. The Morgan fingerprint density at radius 3 is 2.50 bits per heavy atom. The molecular weight excluding hydrogens is 566 g/mol. The number of rotatable bonds is 6. The van der Waals surface area contributed by atoms with Crippen LogP contribution in [0, 0.1) is 11.3 Å². The number of nitrogens with two attached hydrogens (primary N) is 1. The lowest BCUT2D eigenvalue weighted by molar-refractivity contribution is -0.119. The fourth-order valence-corrected chi connectivity index (χ4v) is 6.26. The molecule has 0 atom stereocenters. The second kappa shape index (κ2) is 9.40. The molecule has 4 N–H and O–H groups in total. The largest absolute Gasteiger partial charge is 0.382 e. The van der Waals surface area contributed by atoms with Gasteiger partial charge in [-0.3, -0.25) is 19.5 Å². The summed E-state index contributed by atoms with van der Waals surface area (Å²) < 4.78 is 53.7. The Hall–Kier alpha value is -5.41. The highest BCUT2D eigenvalue weighted by molar-refractivity contribution is 7.90. The predicted molar refractivity (Wildman–Crippen MR) is 136 cm³/mol. The summed E-state index contributed by atoms with van der Waals surface area (Å²) in [5, 5.41) is 19.1. The summed E-state index contributed by atoms with van der Waals surface area (Å²) in [4.78, 5) is 40.5. The van der Waals surface area contributed by atoms with Gasteiger partial charge in [-0.1, -0.05) is 12.1 Å². The number of anilines is 1. The highest BCUT2D eigenvalue weighted by atomic mass is 32.2. The molecule has 0 radical (unpaired) electrons. The maximum atomic E-state index is 12.7. The van der Waals surface area contributed by atoms with E-state index in [1.807, 2.05) is 6.07 Å². The van der Waals surface area contributed by atoms with Gasteiger partial charge in [-0.2, -0.15) is 10.4 Å². The molecule has 0 fully saturated rings. The van der Waals surface area contributed by atoms with E-state index in [0.29, 0.717) is 4.31 Å². The van der Waals surface area contributed by atoms with Gasteiger partial charge in [0.25, 0.3) is 37.4 Å². The predicted octanol–water partition coefficient (Wildman–Crippen LogP) is 0.541. The summed E-state index contributed by atoms with van der Waals surface area (Å²) in [6, 6.07) is 11.8. The number of nitrogens with one attached hydrogen (secondary N) is 2. The zero-order valence-electron chi connectivity index (χ0n) is 19.8. The van der Waals surface area contributed by atoms with Crippen LogP contribution >= 0.6 is 0 Å². The second-order valence-electron chi connectivity index (χ2n) is 8.15. The Morgan fingerprint density at radius 1 is 1.12 bits per heavy atom. The molecule has 0 saturated carbocycles. The number of H-pyrrole nitrogens is 1. The van der Waals surface area contributed by atoms with Crippen molar-refractivity contribution in [3.63, 3.8) is 0 Å². The summed E-state index contributed by atoms with van der Waals surface area (Å²) in [7, 11) is -8.77. The number of nitriles is 1.